The number of rotatable bonds is 3. The summed E-state index contributed by atoms with van der Waals surface area (Å²) in [5, 5.41) is 3.02. The maximum Gasteiger partial charge on any atom is 0.251 e. The zero-order valence-corrected chi connectivity index (χ0v) is 12.0. The molecule has 1 aromatic heterocycles. The molecule has 1 aliphatic carbocycles. The second-order valence-electron chi connectivity index (χ2n) is 4.90. The van der Waals surface area contributed by atoms with Crippen molar-refractivity contribution in [1.29, 1.82) is 0 Å². The number of likely N-dealkylation sites (tertiary alicyclic amines) is 1. The van der Waals surface area contributed by atoms with Gasteiger partial charge in [-0.3, -0.25) is 14.5 Å². The van der Waals surface area contributed by atoms with E-state index in [9.17, 15) is 9.59 Å². The summed E-state index contributed by atoms with van der Waals surface area (Å²) >= 11 is 3.34. The second-order valence-corrected chi connectivity index (χ2v) is 5.71. The largest absolute Gasteiger partial charge is 0.358 e. The van der Waals surface area contributed by atoms with Crippen LogP contribution in [0.5, 0.6) is 0 Å². The molecule has 0 bridgehead atoms. The maximum atomic E-state index is 11.8. The number of carbonyl (C=O) groups is 2. The van der Waals surface area contributed by atoms with Crippen LogP contribution in [0.25, 0.3) is 0 Å². The van der Waals surface area contributed by atoms with Crippen molar-refractivity contribution < 1.29 is 9.59 Å². The number of hydrogen-bond acceptors (Lipinski definition) is 5. The summed E-state index contributed by atoms with van der Waals surface area (Å²) in [4.78, 5) is 33.2. The highest BCUT2D eigenvalue weighted by Crippen LogP contribution is 2.38. The lowest BCUT2D eigenvalue weighted by atomic mass is 10.2. The minimum atomic E-state index is -0.522. The Bertz CT molecular complexity index is 559. The van der Waals surface area contributed by atoms with Crippen molar-refractivity contribution in [3.8, 4) is 0 Å². The van der Waals surface area contributed by atoms with Crippen LogP contribution in [0.3, 0.4) is 0 Å². The van der Waals surface area contributed by atoms with Gasteiger partial charge < -0.3 is 5.32 Å². The molecule has 0 spiro atoms. The molecule has 1 N–H and O–H groups in total. The van der Waals surface area contributed by atoms with Gasteiger partial charge in [-0.1, -0.05) is 0 Å². The smallest absolute Gasteiger partial charge is 0.251 e. The third-order valence-electron chi connectivity index (χ3n) is 3.36. The molecule has 2 amide bonds. The van der Waals surface area contributed by atoms with Crippen molar-refractivity contribution >= 4 is 33.6 Å². The molecule has 19 heavy (non-hydrogen) atoms. The minimum absolute atomic E-state index is 0.168. The Morgan fingerprint density at radius 3 is 2.68 bits per heavy atom. The van der Waals surface area contributed by atoms with E-state index < -0.39 is 6.04 Å². The fraction of sp³-hybridized carbons (Fsp3) is 0.500. The Morgan fingerprint density at radius 2 is 2.11 bits per heavy atom. The molecule has 0 aromatic carbocycles. The molecule has 1 unspecified atom stereocenters. The third kappa shape index (κ3) is 2.47. The van der Waals surface area contributed by atoms with Crippen LogP contribution >= 0.6 is 15.9 Å². The zero-order valence-electron chi connectivity index (χ0n) is 10.4. The molecule has 2 aliphatic rings. The predicted octanol–water partition coefficient (Wildman–Crippen LogP) is 1.29. The lowest BCUT2D eigenvalue weighted by molar-refractivity contribution is -0.136. The molecule has 3 rings (SSSR count). The first-order valence-corrected chi connectivity index (χ1v) is 6.95. The van der Waals surface area contributed by atoms with Gasteiger partial charge in [-0.2, -0.15) is 0 Å². The van der Waals surface area contributed by atoms with Gasteiger partial charge in [-0.25, -0.2) is 9.97 Å². The fourth-order valence-electron chi connectivity index (χ4n) is 2.08. The first-order chi connectivity index (χ1) is 9.04. The Kier molecular flexibility index (Phi) is 3.00. The Balaban J connectivity index is 1.80. The van der Waals surface area contributed by atoms with Crippen molar-refractivity contribution in [2.24, 2.45) is 0 Å². The molecule has 1 saturated heterocycles. The van der Waals surface area contributed by atoms with Crippen molar-refractivity contribution in [2.45, 2.75) is 31.2 Å². The summed E-state index contributed by atoms with van der Waals surface area (Å²) < 4.78 is 0.692. The Labute approximate surface area is 118 Å². The van der Waals surface area contributed by atoms with Gasteiger partial charge in [-0.15, -0.1) is 0 Å². The van der Waals surface area contributed by atoms with Crippen LogP contribution in [-0.4, -0.2) is 39.8 Å². The van der Waals surface area contributed by atoms with Crippen LogP contribution in [0.15, 0.2) is 10.7 Å². The molecule has 1 saturated carbocycles. The highest BCUT2D eigenvalue weighted by molar-refractivity contribution is 9.10. The molecule has 2 heterocycles. The summed E-state index contributed by atoms with van der Waals surface area (Å²) in [7, 11) is 1.50. The highest BCUT2D eigenvalue weighted by atomic mass is 79.9. The SMILES string of the molecule is CN1C(=O)CC(Nc2cc(Br)nc(C3CC3)n2)C1=O. The number of carbonyl (C=O) groups excluding carboxylic acids is 2. The molecular formula is C12H13BrN4O2. The Hall–Kier alpha value is -1.50. The molecular weight excluding hydrogens is 312 g/mol. The number of hydrogen-bond donors (Lipinski definition) is 1. The molecule has 100 valence electrons. The summed E-state index contributed by atoms with van der Waals surface area (Å²) in [6.07, 6.45) is 2.40. The molecule has 6 nitrogen and oxygen atoms in total. The minimum Gasteiger partial charge on any atom is -0.358 e. The van der Waals surface area contributed by atoms with E-state index in [1.165, 1.54) is 7.05 Å². The molecule has 1 aliphatic heterocycles. The van der Waals surface area contributed by atoms with Gasteiger partial charge in [0.25, 0.3) is 5.91 Å². The molecule has 7 heteroatoms. The van der Waals surface area contributed by atoms with Gasteiger partial charge in [0.2, 0.25) is 5.91 Å². The van der Waals surface area contributed by atoms with Crippen LogP contribution in [0.1, 0.15) is 31.0 Å². The number of imide groups is 1. The van der Waals surface area contributed by atoms with Crippen LogP contribution in [0, 0.1) is 0 Å². The lowest BCUT2D eigenvalue weighted by Gasteiger charge is -2.12. The first kappa shape index (κ1) is 12.5. The molecule has 2 fully saturated rings. The zero-order chi connectivity index (χ0) is 13.6. The third-order valence-corrected chi connectivity index (χ3v) is 3.76. The summed E-state index contributed by atoms with van der Waals surface area (Å²) in [6, 6.07) is 1.20. The standard InChI is InChI=1S/C12H13BrN4O2/c1-17-10(18)4-7(12(17)19)14-9-5-8(13)15-11(16-9)6-2-3-6/h5-7H,2-4H2,1H3,(H,14,15,16). The van der Waals surface area contributed by atoms with Gasteiger partial charge >= 0.3 is 0 Å². The molecule has 1 atom stereocenters. The number of aromatic nitrogens is 2. The fourth-order valence-corrected chi connectivity index (χ4v) is 2.48. The Morgan fingerprint density at radius 1 is 1.37 bits per heavy atom. The number of halogens is 1. The predicted molar refractivity (Wildman–Crippen MR) is 71.5 cm³/mol. The average Bonchev–Trinajstić information content (AvgIpc) is 3.16. The number of anilines is 1. The summed E-state index contributed by atoms with van der Waals surface area (Å²) in [5.74, 6) is 1.43. The van der Waals surface area contributed by atoms with E-state index in [0.29, 0.717) is 16.3 Å². The van der Waals surface area contributed by atoms with E-state index in [2.05, 4.69) is 31.2 Å². The van der Waals surface area contributed by atoms with Crippen LogP contribution in [-0.2, 0) is 9.59 Å². The van der Waals surface area contributed by atoms with E-state index in [0.717, 1.165) is 23.6 Å². The van der Waals surface area contributed by atoms with Gasteiger partial charge in [-0.05, 0) is 28.8 Å². The normalized spacial score (nSPS) is 23.1. The van der Waals surface area contributed by atoms with Crippen LogP contribution in [0.4, 0.5) is 5.82 Å². The first-order valence-electron chi connectivity index (χ1n) is 6.16. The van der Waals surface area contributed by atoms with Gasteiger partial charge in [0.15, 0.2) is 0 Å². The van der Waals surface area contributed by atoms with E-state index in [-0.39, 0.29) is 18.2 Å². The van der Waals surface area contributed by atoms with E-state index in [1.807, 2.05) is 0 Å². The van der Waals surface area contributed by atoms with Crippen LogP contribution in [0.2, 0.25) is 0 Å². The number of nitrogens with one attached hydrogen (secondary N) is 1. The summed E-state index contributed by atoms with van der Waals surface area (Å²) in [6.45, 7) is 0. The second kappa shape index (κ2) is 4.56. The number of amides is 2. The maximum absolute atomic E-state index is 11.8. The molecule has 0 radical (unpaired) electrons. The highest BCUT2D eigenvalue weighted by Gasteiger charge is 2.36. The van der Waals surface area contributed by atoms with Crippen molar-refractivity contribution in [2.75, 3.05) is 12.4 Å². The van der Waals surface area contributed by atoms with Gasteiger partial charge in [0, 0.05) is 19.0 Å². The van der Waals surface area contributed by atoms with Gasteiger partial charge in [0.05, 0.1) is 6.42 Å². The topological polar surface area (TPSA) is 75.2 Å². The van der Waals surface area contributed by atoms with Crippen molar-refractivity contribution in [3.63, 3.8) is 0 Å². The van der Waals surface area contributed by atoms with E-state index in [4.69, 9.17) is 0 Å². The average molecular weight is 325 g/mol. The van der Waals surface area contributed by atoms with Crippen LogP contribution < -0.4 is 5.32 Å². The summed E-state index contributed by atoms with van der Waals surface area (Å²) in [5.41, 5.74) is 0. The van der Waals surface area contributed by atoms with E-state index in [1.54, 1.807) is 6.07 Å². The number of nitrogens with zero attached hydrogens (tertiary/aromatic N) is 3. The molecule has 1 aromatic rings. The van der Waals surface area contributed by atoms with Crippen molar-refractivity contribution in [1.82, 2.24) is 14.9 Å². The monoisotopic (exact) mass is 324 g/mol. The lowest BCUT2D eigenvalue weighted by Crippen LogP contribution is -2.32. The quantitative estimate of drug-likeness (QED) is 0.669. The van der Waals surface area contributed by atoms with Crippen molar-refractivity contribution in [3.05, 3.63) is 16.5 Å². The number of likely N-dealkylation sites (N-methyl/N-ethyl adjacent to an activating group) is 1. The van der Waals surface area contributed by atoms with Gasteiger partial charge in [0.1, 0.15) is 22.3 Å². The van der Waals surface area contributed by atoms with E-state index >= 15 is 0 Å².